The molecule has 0 aliphatic carbocycles. The van der Waals surface area contributed by atoms with Crippen LogP contribution >= 0.6 is 24.0 Å². The first-order chi connectivity index (χ1) is 16.5. The maximum absolute atomic E-state index is 5.80. The van der Waals surface area contributed by atoms with Gasteiger partial charge in [-0.2, -0.15) is 4.98 Å². The van der Waals surface area contributed by atoms with Crippen LogP contribution in [-0.4, -0.2) is 53.8 Å². The van der Waals surface area contributed by atoms with E-state index in [4.69, 9.17) is 31.2 Å². The Balaban J connectivity index is 1.74. The van der Waals surface area contributed by atoms with Gasteiger partial charge in [-0.15, -0.1) is 11.8 Å². The number of hydrogen-bond donors (Lipinski definition) is 1. The highest BCUT2D eigenvalue weighted by Crippen LogP contribution is 2.38. The first-order valence-electron chi connectivity index (χ1n) is 11.0. The Kier molecular flexibility index (Phi) is 7.87. The van der Waals surface area contributed by atoms with Crippen LogP contribution in [0.25, 0.3) is 17.0 Å². The molecular formula is C25H28N4O3S2. The molecule has 2 heterocycles. The van der Waals surface area contributed by atoms with Crippen LogP contribution in [0.2, 0.25) is 0 Å². The Labute approximate surface area is 209 Å². The molecule has 1 aliphatic heterocycles. The van der Waals surface area contributed by atoms with Crippen LogP contribution in [0.1, 0.15) is 30.8 Å². The molecule has 2 aromatic carbocycles. The van der Waals surface area contributed by atoms with E-state index in [0.717, 1.165) is 41.1 Å². The largest absolute Gasteiger partial charge is 0.497 e. The summed E-state index contributed by atoms with van der Waals surface area (Å²) in [6, 6.07) is 15.8. The molecule has 34 heavy (non-hydrogen) atoms. The average Bonchev–Trinajstić information content (AvgIpc) is 3.35. The van der Waals surface area contributed by atoms with Crippen LogP contribution in [0.4, 0.5) is 0 Å². The van der Waals surface area contributed by atoms with E-state index < -0.39 is 0 Å². The van der Waals surface area contributed by atoms with Gasteiger partial charge in [0, 0.05) is 36.4 Å². The molecule has 1 N–H and O–H groups in total. The number of thioether (sulfide) groups is 1. The summed E-state index contributed by atoms with van der Waals surface area (Å²) >= 11 is 7.45. The van der Waals surface area contributed by atoms with E-state index in [2.05, 4.69) is 52.8 Å². The Hall–Kier alpha value is -2.88. The fourth-order valence-corrected chi connectivity index (χ4v) is 4.69. The Morgan fingerprint density at radius 3 is 2.50 bits per heavy atom. The van der Waals surface area contributed by atoms with Gasteiger partial charge >= 0.3 is 0 Å². The molecular weight excluding hydrogens is 468 g/mol. The van der Waals surface area contributed by atoms with Gasteiger partial charge in [-0.25, -0.2) is 0 Å². The number of allylic oxidation sites excluding steroid dienone is 1. The van der Waals surface area contributed by atoms with E-state index >= 15 is 0 Å². The first kappa shape index (κ1) is 24.3. The lowest BCUT2D eigenvalue weighted by atomic mass is 9.95. The minimum absolute atomic E-state index is 0.203. The fraction of sp³-hybridized carbons (Fsp3) is 0.320. The van der Waals surface area contributed by atoms with Gasteiger partial charge < -0.3 is 24.2 Å². The van der Waals surface area contributed by atoms with Crippen molar-refractivity contribution in [3.63, 3.8) is 0 Å². The van der Waals surface area contributed by atoms with E-state index in [0.29, 0.717) is 23.4 Å². The highest BCUT2D eigenvalue weighted by Gasteiger charge is 2.33. The van der Waals surface area contributed by atoms with Crippen LogP contribution in [0.15, 0.2) is 63.6 Å². The number of thiocarbonyl (C=S) groups is 1. The van der Waals surface area contributed by atoms with E-state index in [1.165, 1.54) is 4.90 Å². The summed E-state index contributed by atoms with van der Waals surface area (Å²) in [5.74, 6) is 1.76. The Morgan fingerprint density at radius 2 is 1.85 bits per heavy atom. The number of nitrogens with zero attached hydrogens (tertiary/aromatic N) is 3. The highest BCUT2D eigenvalue weighted by atomic mass is 32.2. The number of ether oxygens (including phenoxy) is 2. The van der Waals surface area contributed by atoms with Crippen LogP contribution in [-0.2, 0) is 4.74 Å². The number of rotatable bonds is 9. The minimum atomic E-state index is -0.203. The maximum atomic E-state index is 5.80. The predicted molar refractivity (Wildman–Crippen MR) is 139 cm³/mol. The fourth-order valence-electron chi connectivity index (χ4n) is 3.93. The summed E-state index contributed by atoms with van der Waals surface area (Å²) in [5.41, 5.74) is 3.83. The van der Waals surface area contributed by atoms with E-state index in [9.17, 15) is 0 Å². The molecule has 1 unspecified atom stereocenters. The van der Waals surface area contributed by atoms with Gasteiger partial charge in [0.1, 0.15) is 5.75 Å². The zero-order chi connectivity index (χ0) is 24.1. The molecule has 9 heteroatoms. The molecule has 0 saturated heterocycles. The smallest absolute Gasteiger partial charge is 0.258 e. The molecule has 3 aromatic rings. The van der Waals surface area contributed by atoms with Crippen molar-refractivity contribution in [2.75, 3.05) is 33.6 Å². The molecule has 0 amide bonds. The summed E-state index contributed by atoms with van der Waals surface area (Å²) in [4.78, 5) is 8.04. The van der Waals surface area contributed by atoms with E-state index in [1.54, 1.807) is 26.0 Å². The van der Waals surface area contributed by atoms with Crippen molar-refractivity contribution in [2.24, 2.45) is 0 Å². The lowest BCUT2D eigenvalue weighted by Gasteiger charge is -2.37. The number of methoxy groups -OCH3 is 2. The topological polar surface area (TPSA) is 72.7 Å². The van der Waals surface area contributed by atoms with Crippen LogP contribution in [0, 0.1) is 0 Å². The van der Waals surface area contributed by atoms with Gasteiger partial charge in [-0.3, -0.25) is 0 Å². The second-order valence-corrected chi connectivity index (χ2v) is 9.07. The first-order valence-corrected chi connectivity index (χ1v) is 12.6. The van der Waals surface area contributed by atoms with Gasteiger partial charge in [0.15, 0.2) is 5.11 Å². The van der Waals surface area contributed by atoms with Gasteiger partial charge in [0.25, 0.3) is 5.89 Å². The zero-order valence-electron chi connectivity index (χ0n) is 19.7. The van der Waals surface area contributed by atoms with Crippen molar-refractivity contribution in [1.29, 1.82) is 0 Å². The van der Waals surface area contributed by atoms with E-state index in [1.807, 2.05) is 24.3 Å². The summed E-state index contributed by atoms with van der Waals surface area (Å²) in [6.45, 7) is 3.44. The summed E-state index contributed by atoms with van der Waals surface area (Å²) < 4.78 is 16.3. The van der Waals surface area contributed by atoms with Gasteiger partial charge in [-0.1, -0.05) is 17.3 Å². The summed E-state index contributed by atoms with van der Waals surface area (Å²) in [7, 11) is 3.34. The second-order valence-electron chi connectivity index (χ2n) is 7.80. The quantitative estimate of drug-likeness (QED) is 0.245. The molecule has 0 spiro atoms. The summed E-state index contributed by atoms with van der Waals surface area (Å²) in [5, 5.41) is 8.43. The lowest BCUT2D eigenvalue weighted by Crippen LogP contribution is -2.46. The van der Waals surface area contributed by atoms with Crippen LogP contribution in [0.5, 0.6) is 5.75 Å². The monoisotopic (exact) mass is 496 g/mol. The van der Waals surface area contributed by atoms with Gasteiger partial charge in [-0.05, 0) is 73.8 Å². The third-order valence-electron chi connectivity index (χ3n) is 5.78. The number of benzene rings is 2. The molecule has 0 bridgehead atoms. The number of aromatic nitrogens is 2. The van der Waals surface area contributed by atoms with Crippen LogP contribution in [0.3, 0.4) is 0 Å². The number of nitrogens with one attached hydrogen (secondary N) is 1. The third kappa shape index (κ3) is 5.11. The minimum Gasteiger partial charge on any atom is -0.497 e. The van der Waals surface area contributed by atoms with Crippen molar-refractivity contribution in [2.45, 2.75) is 24.3 Å². The molecule has 1 atom stereocenters. The predicted octanol–water partition coefficient (Wildman–Crippen LogP) is 5.17. The Bertz CT molecular complexity index is 1160. The molecule has 1 aliphatic rings. The van der Waals surface area contributed by atoms with Crippen LogP contribution < -0.4 is 10.1 Å². The molecule has 1 aromatic heterocycles. The van der Waals surface area contributed by atoms with Crippen molar-refractivity contribution in [1.82, 2.24) is 20.4 Å². The third-order valence-corrected chi connectivity index (χ3v) is 6.86. The normalized spacial score (nSPS) is 16.1. The van der Waals surface area contributed by atoms with Gasteiger partial charge in [0.05, 0.1) is 18.7 Å². The van der Waals surface area contributed by atoms with Crippen molar-refractivity contribution < 1.29 is 14.0 Å². The van der Waals surface area contributed by atoms with Crippen molar-refractivity contribution in [3.05, 3.63) is 65.7 Å². The number of hydrogen-bond acceptors (Lipinski definition) is 7. The Morgan fingerprint density at radius 1 is 1.12 bits per heavy atom. The molecule has 7 nitrogen and oxygen atoms in total. The standard InChI is InChI=1S/C25H28N4O3S2/c1-16-21(24-27-23(28-32-24)18-6-10-19(31-3)11-7-18)22(17-8-12-20(34-4)13-9-17)26-25(33)29(16)14-5-15-30-2/h6-13,22H,5,14-15H2,1-4H3,(H,26,33). The average molecular weight is 497 g/mol. The summed E-state index contributed by atoms with van der Waals surface area (Å²) in [6.07, 6.45) is 2.91. The molecule has 0 fully saturated rings. The molecule has 4 rings (SSSR count). The molecule has 0 radical (unpaired) electrons. The van der Waals surface area contributed by atoms with E-state index in [-0.39, 0.29) is 6.04 Å². The lowest BCUT2D eigenvalue weighted by molar-refractivity contribution is 0.188. The highest BCUT2D eigenvalue weighted by molar-refractivity contribution is 7.98. The molecule has 178 valence electrons. The zero-order valence-corrected chi connectivity index (χ0v) is 21.3. The van der Waals surface area contributed by atoms with Crippen molar-refractivity contribution >= 4 is 34.7 Å². The maximum Gasteiger partial charge on any atom is 0.258 e. The van der Waals surface area contributed by atoms with Crippen molar-refractivity contribution in [3.8, 4) is 17.1 Å². The second kappa shape index (κ2) is 11.0. The van der Waals surface area contributed by atoms with Gasteiger partial charge in [0.2, 0.25) is 5.82 Å². The molecule has 0 saturated carbocycles. The SMILES string of the molecule is COCCCN1C(=S)NC(c2ccc(SC)cc2)C(c2nc(-c3ccc(OC)cc3)no2)=C1C.